The molecule has 0 unspecified atom stereocenters. The van der Waals surface area contributed by atoms with Crippen LogP contribution in [0.5, 0.6) is 0 Å². The maximum Gasteiger partial charge on any atom is 0.160 e. The molecule has 11 heavy (non-hydrogen) atoms. The third kappa shape index (κ3) is 1.35. The first-order chi connectivity index (χ1) is 5.15. The Balaban J connectivity index is 3.35. The lowest BCUT2D eigenvalue weighted by atomic mass is 10.1. The molecule has 1 aromatic carbocycles. The zero-order chi connectivity index (χ0) is 8.43. The molecule has 1 aromatic rings. The monoisotopic (exact) mass is 152 g/mol. The van der Waals surface area contributed by atoms with Crippen molar-refractivity contribution in [1.29, 1.82) is 5.26 Å². The summed E-state index contributed by atoms with van der Waals surface area (Å²) >= 11 is 0. The van der Waals surface area contributed by atoms with Crippen LogP contribution < -0.4 is 0 Å². The summed E-state index contributed by atoms with van der Waals surface area (Å²) in [4.78, 5) is 0. The predicted octanol–water partition coefficient (Wildman–Crippen LogP) is 2.02. The number of hydrogen-bond acceptors (Lipinski definition) is 1. The molecule has 0 amide bonds. The van der Waals surface area contributed by atoms with Gasteiger partial charge >= 0.3 is 0 Å². The van der Waals surface area contributed by atoms with Crippen molar-refractivity contribution in [2.24, 2.45) is 0 Å². The SMILES string of the molecule is [CH2]c1cc(F)c(F)cc1C#N. The van der Waals surface area contributed by atoms with E-state index in [-0.39, 0.29) is 11.1 Å². The highest BCUT2D eigenvalue weighted by Crippen LogP contribution is 2.12. The van der Waals surface area contributed by atoms with E-state index in [2.05, 4.69) is 6.92 Å². The van der Waals surface area contributed by atoms with Crippen molar-refractivity contribution in [2.45, 2.75) is 0 Å². The van der Waals surface area contributed by atoms with Crippen molar-refractivity contribution in [3.63, 3.8) is 0 Å². The van der Waals surface area contributed by atoms with Crippen LogP contribution in [0.25, 0.3) is 0 Å². The van der Waals surface area contributed by atoms with Gasteiger partial charge < -0.3 is 0 Å². The number of halogens is 2. The van der Waals surface area contributed by atoms with Crippen LogP contribution in [0.1, 0.15) is 11.1 Å². The number of benzene rings is 1. The lowest BCUT2D eigenvalue weighted by Gasteiger charge is -1.96. The Hall–Kier alpha value is -1.43. The average Bonchev–Trinajstić information content (AvgIpc) is 1.97. The minimum Gasteiger partial charge on any atom is -0.204 e. The van der Waals surface area contributed by atoms with Gasteiger partial charge in [-0.25, -0.2) is 8.78 Å². The Morgan fingerprint density at radius 3 is 2.36 bits per heavy atom. The molecule has 0 atom stereocenters. The first kappa shape index (κ1) is 7.67. The average molecular weight is 152 g/mol. The zero-order valence-electron chi connectivity index (χ0n) is 5.56. The maximum atomic E-state index is 12.4. The minimum atomic E-state index is -1.02. The molecule has 1 radical (unpaired) electrons. The van der Waals surface area contributed by atoms with Crippen LogP contribution in [0.2, 0.25) is 0 Å². The van der Waals surface area contributed by atoms with Crippen molar-refractivity contribution < 1.29 is 8.78 Å². The second-order valence-corrected chi connectivity index (χ2v) is 2.04. The maximum absolute atomic E-state index is 12.4. The van der Waals surface area contributed by atoms with E-state index in [4.69, 9.17) is 5.26 Å². The zero-order valence-corrected chi connectivity index (χ0v) is 5.56. The van der Waals surface area contributed by atoms with Gasteiger partial charge in [-0.2, -0.15) is 5.26 Å². The highest BCUT2D eigenvalue weighted by atomic mass is 19.2. The standard InChI is InChI=1S/C8H4F2N/c1-5-2-7(9)8(10)3-6(5)4-11/h2-3H,1H2. The van der Waals surface area contributed by atoms with E-state index in [1.807, 2.05) is 0 Å². The molecule has 0 saturated heterocycles. The number of hydrogen-bond donors (Lipinski definition) is 0. The Morgan fingerprint density at radius 1 is 1.27 bits per heavy atom. The molecule has 1 rings (SSSR count). The molecule has 0 fully saturated rings. The van der Waals surface area contributed by atoms with Crippen LogP contribution in [-0.4, -0.2) is 0 Å². The van der Waals surface area contributed by atoms with Gasteiger partial charge in [0.15, 0.2) is 11.6 Å². The van der Waals surface area contributed by atoms with Gasteiger partial charge in [-0.15, -0.1) is 0 Å². The summed E-state index contributed by atoms with van der Waals surface area (Å²) in [5, 5.41) is 8.35. The molecule has 0 bridgehead atoms. The van der Waals surface area contributed by atoms with Gasteiger partial charge in [0.2, 0.25) is 0 Å². The smallest absolute Gasteiger partial charge is 0.160 e. The first-order valence-corrected chi connectivity index (χ1v) is 2.86. The Morgan fingerprint density at radius 2 is 1.82 bits per heavy atom. The van der Waals surface area contributed by atoms with E-state index >= 15 is 0 Å². The fraction of sp³-hybridized carbons (Fsp3) is 0. The fourth-order valence-corrected chi connectivity index (χ4v) is 0.692. The molecular weight excluding hydrogens is 148 g/mol. The summed E-state index contributed by atoms with van der Waals surface area (Å²) in [7, 11) is 0. The number of nitrogens with zero attached hydrogens (tertiary/aromatic N) is 1. The third-order valence-corrected chi connectivity index (χ3v) is 1.27. The normalized spacial score (nSPS) is 9.27. The lowest BCUT2D eigenvalue weighted by Crippen LogP contribution is -1.89. The Kier molecular flexibility index (Phi) is 1.86. The summed E-state index contributed by atoms with van der Waals surface area (Å²) in [6.45, 7) is 3.36. The minimum absolute atomic E-state index is 0.0592. The Labute approximate surface area is 62.9 Å². The van der Waals surface area contributed by atoms with E-state index in [0.717, 1.165) is 12.1 Å². The van der Waals surface area contributed by atoms with Crippen LogP contribution in [-0.2, 0) is 0 Å². The van der Waals surface area contributed by atoms with Crippen LogP contribution in [0.15, 0.2) is 12.1 Å². The number of rotatable bonds is 0. The molecule has 0 aliphatic carbocycles. The van der Waals surface area contributed by atoms with Crippen molar-refractivity contribution in [1.82, 2.24) is 0 Å². The van der Waals surface area contributed by atoms with E-state index in [1.165, 1.54) is 0 Å². The number of nitriles is 1. The molecular formula is C8H4F2N. The van der Waals surface area contributed by atoms with Crippen molar-refractivity contribution >= 4 is 0 Å². The second-order valence-electron chi connectivity index (χ2n) is 2.04. The van der Waals surface area contributed by atoms with Gasteiger partial charge in [0.1, 0.15) is 0 Å². The van der Waals surface area contributed by atoms with Crippen LogP contribution >= 0.6 is 0 Å². The van der Waals surface area contributed by atoms with Gasteiger partial charge in [0.05, 0.1) is 11.6 Å². The van der Waals surface area contributed by atoms with Gasteiger partial charge in [0.25, 0.3) is 0 Å². The molecule has 0 aliphatic heterocycles. The summed E-state index contributed by atoms with van der Waals surface area (Å²) < 4.78 is 24.8. The highest BCUT2D eigenvalue weighted by molar-refractivity contribution is 5.39. The Bertz CT molecular complexity index is 326. The topological polar surface area (TPSA) is 23.8 Å². The van der Waals surface area contributed by atoms with Gasteiger partial charge in [0, 0.05) is 0 Å². The van der Waals surface area contributed by atoms with Crippen molar-refractivity contribution in [2.75, 3.05) is 0 Å². The summed E-state index contributed by atoms with van der Waals surface area (Å²) in [5.41, 5.74) is 0.260. The van der Waals surface area contributed by atoms with Gasteiger partial charge in [-0.05, 0) is 24.6 Å². The van der Waals surface area contributed by atoms with Crippen LogP contribution in [0.4, 0.5) is 8.78 Å². The largest absolute Gasteiger partial charge is 0.204 e. The van der Waals surface area contributed by atoms with Gasteiger partial charge in [-0.3, -0.25) is 0 Å². The lowest BCUT2D eigenvalue weighted by molar-refractivity contribution is 0.508. The molecule has 0 N–H and O–H groups in total. The molecule has 0 heterocycles. The quantitative estimate of drug-likeness (QED) is 0.557. The summed E-state index contributed by atoms with van der Waals surface area (Å²) in [6, 6.07) is 3.42. The van der Waals surface area contributed by atoms with Crippen molar-refractivity contribution in [3.05, 3.63) is 41.8 Å². The first-order valence-electron chi connectivity index (χ1n) is 2.86. The molecule has 0 aromatic heterocycles. The third-order valence-electron chi connectivity index (χ3n) is 1.27. The molecule has 55 valence electrons. The van der Waals surface area contributed by atoms with Crippen LogP contribution in [0.3, 0.4) is 0 Å². The molecule has 3 heteroatoms. The molecule has 0 saturated carbocycles. The summed E-state index contributed by atoms with van der Waals surface area (Å²) in [6.07, 6.45) is 0. The molecule has 0 aliphatic rings. The van der Waals surface area contributed by atoms with E-state index < -0.39 is 11.6 Å². The van der Waals surface area contributed by atoms with Crippen LogP contribution in [0, 0.1) is 29.9 Å². The summed E-state index contributed by atoms with van der Waals surface area (Å²) in [5.74, 6) is -2.00. The molecule has 0 spiro atoms. The van der Waals surface area contributed by atoms with E-state index in [0.29, 0.717) is 0 Å². The molecule has 1 nitrogen and oxygen atoms in total. The van der Waals surface area contributed by atoms with E-state index in [9.17, 15) is 8.78 Å². The second kappa shape index (κ2) is 2.67. The highest BCUT2D eigenvalue weighted by Gasteiger charge is 2.05. The fourth-order valence-electron chi connectivity index (χ4n) is 0.692. The van der Waals surface area contributed by atoms with Gasteiger partial charge in [-0.1, -0.05) is 0 Å². The predicted molar refractivity (Wildman–Crippen MR) is 35.5 cm³/mol. The van der Waals surface area contributed by atoms with E-state index in [1.54, 1.807) is 6.07 Å². The van der Waals surface area contributed by atoms with Crippen molar-refractivity contribution in [3.8, 4) is 6.07 Å².